The van der Waals surface area contributed by atoms with Crippen molar-refractivity contribution in [1.82, 2.24) is 9.88 Å². The molecule has 2 N–H and O–H groups in total. The molecule has 1 saturated heterocycles. The Bertz CT molecular complexity index is 865. The summed E-state index contributed by atoms with van der Waals surface area (Å²) in [7, 11) is 0. The molecule has 2 aromatic rings. The first-order valence-electron chi connectivity index (χ1n) is 9.22. The Morgan fingerprint density at radius 3 is 2.34 bits per heavy atom. The lowest BCUT2D eigenvalue weighted by molar-refractivity contribution is -0.137. The molecule has 0 aliphatic carbocycles. The van der Waals surface area contributed by atoms with Crippen LogP contribution in [-0.4, -0.2) is 35.4 Å². The number of halogens is 3. The lowest BCUT2D eigenvalue weighted by atomic mass is 9.96. The van der Waals surface area contributed by atoms with Crippen LogP contribution in [0.2, 0.25) is 0 Å². The van der Waals surface area contributed by atoms with Crippen molar-refractivity contribution in [2.24, 2.45) is 5.92 Å². The second-order valence-corrected chi connectivity index (χ2v) is 6.88. The number of nitrogens with one attached hydrogen (secondary N) is 2. The SMILES string of the molecule is C#CCN1CCC(C(=O)Nc2ccc(Nc3ccc(C(F)(F)F)cn3)cc2)CC1. The van der Waals surface area contributed by atoms with E-state index in [2.05, 4.69) is 26.4 Å². The second-order valence-electron chi connectivity index (χ2n) is 6.88. The first-order valence-corrected chi connectivity index (χ1v) is 9.22. The van der Waals surface area contributed by atoms with E-state index < -0.39 is 11.7 Å². The zero-order valence-corrected chi connectivity index (χ0v) is 15.7. The third-order valence-corrected chi connectivity index (χ3v) is 4.79. The predicted molar refractivity (Wildman–Crippen MR) is 106 cm³/mol. The third kappa shape index (κ3) is 5.72. The van der Waals surface area contributed by atoms with Crippen LogP contribution in [0.1, 0.15) is 18.4 Å². The van der Waals surface area contributed by atoms with E-state index in [0.717, 1.165) is 38.2 Å². The predicted octanol–water partition coefficient (Wildman–Crippen LogP) is 4.13. The Morgan fingerprint density at radius 1 is 1.14 bits per heavy atom. The maximum Gasteiger partial charge on any atom is 0.417 e. The van der Waals surface area contributed by atoms with Crippen LogP contribution in [0.25, 0.3) is 0 Å². The molecule has 0 radical (unpaired) electrons. The smallest absolute Gasteiger partial charge is 0.340 e. The minimum atomic E-state index is -4.41. The molecule has 1 fully saturated rings. The quantitative estimate of drug-likeness (QED) is 0.739. The van der Waals surface area contributed by atoms with E-state index in [1.54, 1.807) is 24.3 Å². The number of piperidine rings is 1. The molecule has 8 heteroatoms. The average Bonchev–Trinajstić information content (AvgIpc) is 2.70. The number of pyridine rings is 1. The molecule has 152 valence electrons. The Labute approximate surface area is 167 Å². The maximum atomic E-state index is 12.6. The number of alkyl halides is 3. The summed E-state index contributed by atoms with van der Waals surface area (Å²) in [6.07, 6.45) is 3.23. The van der Waals surface area contributed by atoms with Crippen LogP contribution in [-0.2, 0) is 11.0 Å². The molecule has 0 bridgehead atoms. The summed E-state index contributed by atoms with van der Waals surface area (Å²) in [6, 6.07) is 9.16. The summed E-state index contributed by atoms with van der Waals surface area (Å²) < 4.78 is 37.7. The van der Waals surface area contributed by atoms with E-state index in [0.29, 0.717) is 23.7 Å². The van der Waals surface area contributed by atoms with Crippen LogP contribution < -0.4 is 10.6 Å². The van der Waals surface area contributed by atoms with Crippen molar-refractivity contribution < 1.29 is 18.0 Å². The first kappa shape index (κ1) is 20.7. The first-order chi connectivity index (χ1) is 13.8. The van der Waals surface area contributed by atoms with Gasteiger partial charge in [0.25, 0.3) is 0 Å². The molecule has 0 spiro atoms. The lowest BCUT2D eigenvalue weighted by Crippen LogP contribution is -2.38. The monoisotopic (exact) mass is 402 g/mol. The number of rotatable bonds is 5. The lowest BCUT2D eigenvalue weighted by Gasteiger charge is -2.29. The number of likely N-dealkylation sites (tertiary alicyclic amines) is 1. The summed E-state index contributed by atoms with van der Waals surface area (Å²) >= 11 is 0. The highest BCUT2D eigenvalue weighted by atomic mass is 19.4. The highest BCUT2D eigenvalue weighted by Gasteiger charge is 2.30. The van der Waals surface area contributed by atoms with E-state index in [9.17, 15) is 18.0 Å². The Balaban J connectivity index is 1.52. The van der Waals surface area contributed by atoms with Gasteiger partial charge in [-0.05, 0) is 62.3 Å². The highest BCUT2D eigenvalue weighted by Crippen LogP contribution is 2.29. The van der Waals surface area contributed by atoms with Gasteiger partial charge in [-0.3, -0.25) is 9.69 Å². The number of terminal acetylenes is 1. The minimum Gasteiger partial charge on any atom is -0.340 e. The van der Waals surface area contributed by atoms with Crippen LogP contribution in [0.3, 0.4) is 0 Å². The number of nitrogens with zero attached hydrogens (tertiary/aromatic N) is 2. The molecule has 2 heterocycles. The molecule has 0 saturated carbocycles. The van der Waals surface area contributed by atoms with Gasteiger partial charge in [-0.1, -0.05) is 5.92 Å². The van der Waals surface area contributed by atoms with Gasteiger partial charge in [-0.25, -0.2) is 4.98 Å². The molecule has 1 aromatic heterocycles. The van der Waals surface area contributed by atoms with Gasteiger partial charge in [-0.2, -0.15) is 13.2 Å². The van der Waals surface area contributed by atoms with Crippen molar-refractivity contribution in [3.8, 4) is 12.3 Å². The van der Waals surface area contributed by atoms with Crippen molar-refractivity contribution in [1.29, 1.82) is 0 Å². The van der Waals surface area contributed by atoms with Gasteiger partial charge in [0.2, 0.25) is 5.91 Å². The number of amides is 1. The molecule has 3 rings (SSSR count). The van der Waals surface area contributed by atoms with Crippen molar-refractivity contribution in [2.75, 3.05) is 30.3 Å². The minimum absolute atomic E-state index is 0.0181. The number of hydrogen-bond donors (Lipinski definition) is 2. The average molecular weight is 402 g/mol. The van der Waals surface area contributed by atoms with E-state index >= 15 is 0 Å². The molecule has 1 aromatic carbocycles. The van der Waals surface area contributed by atoms with Gasteiger partial charge in [0.15, 0.2) is 0 Å². The molecule has 1 amide bonds. The van der Waals surface area contributed by atoms with E-state index in [4.69, 9.17) is 6.42 Å². The van der Waals surface area contributed by atoms with Crippen LogP contribution in [0.5, 0.6) is 0 Å². The topological polar surface area (TPSA) is 57.3 Å². The fourth-order valence-corrected chi connectivity index (χ4v) is 3.15. The third-order valence-electron chi connectivity index (χ3n) is 4.79. The van der Waals surface area contributed by atoms with Gasteiger partial charge in [-0.15, -0.1) is 6.42 Å². The van der Waals surface area contributed by atoms with Crippen LogP contribution in [0, 0.1) is 18.3 Å². The number of carbonyl (C=O) groups excluding carboxylic acids is 1. The summed E-state index contributed by atoms with van der Waals surface area (Å²) in [4.78, 5) is 18.4. The molecule has 0 atom stereocenters. The van der Waals surface area contributed by atoms with Crippen molar-refractivity contribution in [3.63, 3.8) is 0 Å². The molecule has 29 heavy (non-hydrogen) atoms. The number of benzene rings is 1. The van der Waals surface area contributed by atoms with E-state index in [1.807, 2.05) is 0 Å². The Kier molecular flexibility index (Phi) is 6.39. The van der Waals surface area contributed by atoms with Gasteiger partial charge in [0, 0.05) is 23.5 Å². The van der Waals surface area contributed by atoms with Crippen molar-refractivity contribution >= 4 is 23.1 Å². The van der Waals surface area contributed by atoms with Crippen molar-refractivity contribution in [3.05, 3.63) is 48.2 Å². The van der Waals surface area contributed by atoms with Crippen LogP contribution in [0.15, 0.2) is 42.6 Å². The second kappa shape index (κ2) is 8.97. The fraction of sp³-hybridized carbons (Fsp3) is 0.333. The summed E-state index contributed by atoms with van der Waals surface area (Å²) in [5.74, 6) is 2.86. The number of aromatic nitrogens is 1. The molecule has 1 aliphatic heterocycles. The number of anilines is 3. The van der Waals surface area contributed by atoms with E-state index in [1.165, 1.54) is 6.07 Å². The van der Waals surface area contributed by atoms with E-state index in [-0.39, 0.29) is 11.8 Å². The number of carbonyl (C=O) groups is 1. The largest absolute Gasteiger partial charge is 0.417 e. The van der Waals surface area contributed by atoms with Crippen LogP contribution in [0.4, 0.5) is 30.4 Å². The highest BCUT2D eigenvalue weighted by molar-refractivity contribution is 5.92. The summed E-state index contributed by atoms with van der Waals surface area (Å²) in [5.41, 5.74) is 0.510. The fourth-order valence-electron chi connectivity index (χ4n) is 3.15. The number of hydrogen-bond acceptors (Lipinski definition) is 4. The van der Waals surface area contributed by atoms with Gasteiger partial charge in [0.1, 0.15) is 5.82 Å². The molecule has 1 aliphatic rings. The Hall–Kier alpha value is -3.05. The standard InChI is InChI=1S/C21H21F3N4O/c1-2-11-28-12-9-15(10-13-28)20(29)27-18-6-4-17(5-7-18)26-19-8-3-16(14-25-19)21(22,23)24/h1,3-8,14-15H,9-13H2,(H,25,26)(H,27,29). The zero-order chi connectivity index (χ0) is 20.9. The Morgan fingerprint density at radius 2 is 1.79 bits per heavy atom. The molecule has 0 unspecified atom stereocenters. The molecular formula is C21H21F3N4O. The normalized spacial score (nSPS) is 15.5. The van der Waals surface area contributed by atoms with Gasteiger partial charge < -0.3 is 10.6 Å². The summed E-state index contributed by atoms with van der Waals surface area (Å²) in [6.45, 7) is 2.23. The van der Waals surface area contributed by atoms with Gasteiger partial charge >= 0.3 is 6.18 Å². The van der Waals surface area contributed by atoms with Crippen LogP contribution >= 0.6 is 0 Å². The van der Waals surface area contributed by atoms with Crippen molar-refractivity contribution in [2.45, 2.75) is 19.0 Å². The summed E-state index contributed by atoms with van der Waals surface area (Å²) in [5, 5.41) is 5.84. The maximum absolute atomic E-state index is 12.6. The molecular weight excluding hydrogens is 381 g/mol. The molecule has 5 nitrogen and oxygen atoms in total. The van der Waals surface area contributed by atoms with Gasteiger partial charge in [0.05, 0.1) is 12.1 Å². The zero-order valence-electron chi connectivity index (χ0n) is 15.7.